The SMILES string of the molecule is CCOP(C)(=O)N1CCC(NC(=O)[C@H](CS)NC(=O)OCC(C)C)CC1. The summed E-state index contributed by atoms with van der Waals surface area (Å²) in [6, 6.07) is -0.784. The third kappa shape index (κ3) is 7.86. The minimum absolute atomic E-state index is 0.0313. The molecule has 0 aromatic heterocycles. The Bertz CT molecular complexity index is 512. The summed E-state index contributed by atoms with van der Waals surface area (Å²) in [5.74, 6) is 0.112. The Morgan fingerprint density at radius 1 is 1.31 bits per heavy atom. The van der Waals surface area contributed by atoms with E-state index in [1.807, 2.05) is 25.4 Å². The number of hydrogen-bond donors (Lipinski definition) is 3. The molecule has 1 aliphatic rings. The van der Waals surface area contributed by atoms with E-state index >= 15 is 0 Å². The summed E-state index contributed by atoms with van der Waals surface area (Å²) in [7, 11) is -2.75. The Hall–Kier alpha value is -0.760. The molecule has 0 radical (unpaired) electrons. The molecule has 0 saturated carbocycles. The monoisotopic (exact) mass is 409 g/mol. The smallest absolute Gasteiger partial charge is 0.407 e. The molecule has 10 heteroatoms. The molecular weight excluding hydrogens is 377 g/mol. The van der Waals surface area contributed by atoms with Gasteiger partial charge in [-0.15, -0.1) is 0 Å². The highest BCUT2D eigenvalue weighted by atomic mass is 32.1. The lowest BCUT2D eigenvalue weighted by atomic mass is 10.1. The Morgan fingerprint density at radius 3 is 2.42 bits per heavy atom. The van der Waals surface area contributed by atoms with Crippen molar-refractivity contribution in [3.05, 3.63) is 0 Å². The number of carbonyl (C=O) groups is 2. The van der Waals surface area contributed by atoms with Crippen LogP contribution in [0, 0.1) is 5.92 Å². The van der Waals surface area contributed by atoms with Gasteiger partial charge in [0.1, 0.15) is 6.04 Å². The van der Waals surface area contributed by atoms with Crippen LogP contribution in [0.3, 0.4) is 0 Å². The topological polar surface area (TPSA) is 97.0 Å². The fraction of sp³-hybridized carbons (Fsp3) is 0.875. The summed E-state index contributed by atoms with van der Waals surface area (Å²) in [4.78, 5) is 24.1. The normalized spacial score (nSPS) is 19.6. The molecule has 1 heterocycles. The maximum absolute atomic E-state index is 12.4. The number of rotatable bonds is 9. The van der Waals surface area contributed by atoms with Crippen molar-refractivity contribution >= 4 is 32.1 Å². The first kappa shape index (κ1) is 23.3. The quantitative estimate of drug-likeness (QED) is 0.399. The standard InChI is InChI=1S/C16H32N3O5PS/c1-5-24-25(4,22)19-8-6-13(7-9-19)17-15(20)14(11-26)18-16(21)23-10-12(2)3/h12-14,26H,5-11H2,1-4H3,(H,17,20)(H,18,21)/t14-,25?/m0/s1. The van der Waals surface area contributed by atoms with Crippen molar-refractivity contribution in [3.8, 4) is 0 Å². The summed E-state index contributed by atoms with van der Waals surface area (Å²) in [5.41, 5.74) is 0. The first-order valence-corrected chi connectivity index (χ1v) is 11.7. The zero-order valence-corrected chi connectivity index (χ0v) is 17.9. The number of piperidine rings is 1. The van der Waals surface area contributed by atoms with Gasteiger partial charge in [0.2, 0.25) is 5.91 Å². The van der Waals surface area contributed by atoms with Crippen LogP contribution in [-0.2, 0) is 18.6 Å². The lowest BCUT2D eigenvalue weighted by molar-refractivity contribution is -0.123. The Kier molecular flexibility index (Phi) is 10.00. The fourth-order valence-corrected chi connectivity index (χ4v) is 4.47. The highest BCUT2D eigenvalue weighted by molar-refractivity contribution is 7.80. The minimum atomic E-state index is -2.75. The van der Waals surface area contributed by atoms with Gasteiger partial charge in [-0.05, 0) is 25.7 Å². The van der Waals surface area contributed by atoms with Gasteiger partial charge in [0.05, 0.1) is 13.2 Å². The maximum Gasteiger partial charge on any atom is 0.407 e. The van der Waals surface area contributed by atoms with E-state index in [4.69, 9.17) is 9.26 Å². The van der Waals surface area contributed by atoms with E-state index in [2.05, 4.69) is 23.3 Å². The van der Waals surface area contributed by atoms with Crippen LogP contribution in [-0.4, -0.2) is 67.5 Å². The molecule has 26 heavy (non-hydrogen) atoms. The molecule has 1 unspecified atom stereocenters. The maximum atomic E-state index is 12.4. The van der Waals surface area contributed by atoms with Gasteiger partial charge < -0.3 is 19.9 Å². The lowest BCUT2D eigenvalue weighted by Crippen LogP contribution is -2.52. The number of carbonyl (C=O) groups excluding carboxylic acids is 2. The largest absolute Gasteiger partial charge is 0.449 e. The average molecular weight is 409 g/mol. The van der Waals surface area contributed by atoms with Gasteiger partial charge in [0.15, 0.2) is 0 Å². The number of hydrogen-bond acceptors (Lipinski definition) is 6. The van der Waals surface area contributed by atoms with Crippen molar-refractivity contribution < 1.29 is 23.4 Å². The van der Waals surface area contributed by atoms with Gasteiger partial charge in [-0.3, -0.25) is 9.36 Å². The predicted molar refractivity (Wildman–Crippen MR) is 105 cm³/mol. The van der Waals surface area contributed by atoms with Gasteiger partial charge in [-0.25, -0.2) is 9.46 Å². The molecule has 2 N–H and O–H groups in total. The van der Waals surface area contributed by atoms with Crippen LogP contribution in [0.15, 0.2) is 0 Å². The molecule has 8 nitrogen and oxygen atoms in total. The van der Waals surface area contributed by atoms with Crippen molar-refractivity contribution in [2.75, 3.05) is 38.7 Å². The zero-order chi connectivity index (χ0) is 19.7. The number of ether oxygens (including phenoxy) is 1. The van der Waals surface area contributed by atoms with E-state index in [9.17, 15) is 14.2 Å². The van der Waals surface area contributed by atoms with Crippen LogP contribution in [0.1, 0.15) is 33.6 Å². The zero-order valence-electron chi connectivity index (χ0n) is 16.1. The van der Waals surface area contributed by atoms with Gasteiger partial charge in [-0.1, -0.05) is 13.8 Å². The van der Waals surface area contributed by atoms with Crippen molar-refractivity contribution in [2.24, 2.45) is 5.92 Å². The molecular formula is C16H32N3O5PS. The number of nitrogens with zero attached hydrogens (tertiary/aromatic N) is 1. The molecule has 0 aliphatic carbocycles. The number of thiol groups is 1. The van der Waals surface area contributed by atoms with E-state index in [0.29, 0.717) is 39.1 Å². The van der Waals surface area contributed by atoms with E-state index in [1.165, 1.54) is 0 Å². The van der Waals surface area contributed by atoms with Crippen molar-refractivity contribution in [1.29, 1.82) is 0 Å². The number of alkyl carbamates (subject to hydrolysis) is 1. The first-order valence-electron chi connectivity index (χ1n) is 9.01. The summed E-state index contributed by atoms with van der Waals surface area (Å²) < 4.78 is 24.7. The minimum Gasteiger partial charge on any atom is -0.449 e. The van der Waals surface area contributed by atoms with Crippen LogP contribution in [0.2, 0.25) is 0 Å². The van der Waals surface area contributed by atoms with E-state index < -0.39 is 19.7 Å². The Balaban J connectivity index is 2.44. The summed E-state index contributed by atoms with van der Waals surface area (Å²) in [6.45, 7) is 9.20. The van der Waals surface area contributed by atoms with Crippen molar-refractivity contribution in [1.82, 2.24) is 15.3 Å². The van der Waals surface area contributed by atoms with Crippen molar-refractivity contribution in [3.63, 3.8) is 0 Å². The van der Waals surface area contributed by atoms with Crippen LogP contribution in [0.25, 0.3) is 0 Å². The van der Waals surface area contributed by atoms with Crippen LogP contribution < -0.4 is 10.6 Å². The van der Waals surface area contributed by atoms with Crippen LogP contribution in [0.4, 0.5) is 4.79 Å². The van der Waals surface area contributed by atoms with Crippen LogP contribution >= 0.6 is 20.1 Å². The second-order valence-electron chi connectivity index (χ2n) is 6.83. The molecule has 0 bridgehead atoms. The first-order chi connectivity index (χ1) is 12.2. The highest BCUT2D eigenvalue weighted by Crippen LogP contribution is 2.47. The number of nitrogens with one attached hydrogen (secondary N) is 2. The molecule has 1 rings (SSSR count). The summed E-state index contributed by atoms with van der Waals surface area (Å²) in [5, 5.41) is 5.47. The molecule has 152 valence electrons. The van der Waals surface area contributed by atoms with Crippen LogP contribution in [0.5, 0.6) is 0 Å². The van der Waals surface area contributed by atoms with E-state index in [-0.39, 0.29) is 23.6 Å². The van der Waals surface area contributed by atoms with E-state index in [0.717, 1.165) is 0 Å². The third-order valence-electron chi connectivity index (χ3n) is 4.04. The summed E-state index contributed by atoms with van der Waals surface area (Å²) >= 11 is 4.14. The second-order valence-corrected chi connectivity index (χ2v) is 9.62. The second kappa shape index (κ2) is 11.2. The number of amides is 2. The average Bonchev–Trinajstić information content (AvgIpc) is 2.58. The fourth-order valence-electron chi connectivity index (χ4n) is 2.62. The Labute approximate surface area is 161 Å². The van der Waals surface area contributed by atoms with Gasteiger partial charge in [-0.2, -0.15) is 12.6 Å². The lowest BCUT2D eigenvalue weighted by Gasteiger charge is -2.35. The molecule has 2 atom stereocenters. The Morgan fingerprint density at radius 2 is 1.92 bits per heavy atom. The molecule has 2 amide bonds. The molecule has 1 aliphatic heterocycles. The molecule has 1 fully saturated rings. The van der Waals surface area contributed by atoms with Gasteiger partial charge >= 0.3 is 6.09 Å². The molecule has 0 aromatic carbocycles. The summed E-state index contributed by atoms with van der Waals surface area (Å²) in [6.07, 6.45) is 0.730. The molecule has 0 spiro atoms. The van der Waals surface area contributed by atoms with Gasteiger partial charge in [0, 0.05) is 31.5 Å². The van der Waals surface area contributed by atoms with Crippen molar-refractivity contribution in [2.45, 2.75) is 45.7 Å². The predicted octanol–water partition coefficient (Wildman–Crippen LogP) is 2.11. The molecule has 1 saturated heterocycles. The third-order valence-corrected chi connectivity index (χ3v) is 6.57. The van der Waals surface area contributed by atoms with Gasteiger partial charge in [0.25, 0.3) is 7.52 Å². The highest BCUT2D eigenvalue weighted by Gasteiger charge is 2.31. The molecule has 0 aromatic rings. The van der Waals surface area contributed by atoms with E-state index in [1.54, 1.807) is 6.66 Å².